The first-order valence-electron chi connectivity index (χ1n) is 5.97. The number of aromatic hydroxyl groups is 1. The molecule has 2 rings (SSSR count). The third kappa shape index (κ3) is 3.30. The van der Waals surface area contributed by atoms with E-state index in [1.807, 2.05) is 0 Å². The minimum Gasteiger partial charge on any atom is -0.507 e. The second-order valence-corrected chi connectivity index (χ2v) is 5.70. The van der Waals surface area contributed by atoms with Gasteiger partial charge in [0.15, 0.2) is 0 Å². The molecule has 2 unspecified atom stereocenters. The Balaban J connectivity index is 1.91. The standard InChI is InChI=1S/C13H15Cl2NO2/c14-9-2-1-8(5-9)7-16-13(18)11-4-3-10(15)6-12(11)17/h3-4,6,8-9,17H,1-2,5,7H2,(H,16,18). The number of hydrogen-bond acceptors (Lipinski definition) is 2. The maximum Gasteiger partial charge on any atom is 0.255 e. The molecule has 0 radical (unpaired) electrons. The average Bonchev–Trinajstić information content (AvgIpc) is 2.72. The van der Waals surface area contributed by atoms with Crippen LogP contribution in [-0.2, 0) is 0 Å². The lowest BCUT2D eigenvalue weighted by atomic mass is 10.1. The molecule has 3 nitrogen and oxygen atoms in total. The Morgan fingerprint density at radius 1 is 1.44 bits per heavy atom. The first kappa shape index (κ1) is 13.5. The molecule has 1 aliphatic rings. The minimum atomic E-state index is -0.276. The highest BCUT2D eigenvalue weighted by atomic mass is 35.5. The molecule has 1 aromatic carbocycles. The molecule has 0 aliphatic heterocycles. The average molecular weight is 288 g/mol. The number of amides is 1. The van der Waals surface area contributed by atoms with Gasteiger partial charge in [-0.15, -0.1) is 11.6 Å². The second kappa shape index (κ2) is 5.81. The van der Waals surface area contributed by atoms with Gasteiger partial charge in [0.05, 0.1) is 5.56 Å². The summed E-state index contributed by atoms with van der Waals surface area (Å²) in [4.78, 5) is 11.9. The summed E-state index contributed by atoms with van der Waals surface area (Å²) in [5.41, 5.74) is 0.250. The van der Waals surface area contributed by atoms with E-state index in [2.05, 4.69) is 5.32 Å². The molecule has 0 saturated heterocycles. The van der Waals surface area contributed by atoms with Crippen molar-refractivity contribution in [2.45, 2.75) is 24.6 Å². The Bertz CT molecular complexity index is 451. The summed E-state index contributed by atoms with van der Waals surface area (Å²) in [6.07, 6.45) is 2.99. The molecule has 5 heteroatoms. The monoisotopic (exact) mass is 287 g/mol. The summed E-state index contributed by atoms with van der Waals surface area (Å²) in [6, 6.07) is 4.47. The Morgan fingerprint density at radius 2 is 2.22 bits per heavy atom. The highest BCUT2D eigenvalue weighted by Gasteiger charge is 2.23. The topological polar surface area (TPSA) is 49.3 Å². The van der Waals surface area contributed by atoms with Crippen LogP contribution in [0.15, 0.2) is 18.2 Å². The van der Waals surface area contributed by atoms with Gasteiger partial charge in [-0.3, -0.25) is 4.79 Å². The third-order valence-corrected chi connectivity index (χ3v) is 3.86. The molecule has 2 atom stereocenters. The van der Waals surface area contributed by atoms with E-state index < -0.39 is 0 Å². The molecule has 18 heavy (non-hydrogen) atoms. The number of benzene rings is 1. The summed E-state index contributed by atoms with van der Waals surface area (Å²) in [5.74, 6) is 0.0646. The van der Waals surface area contributed by atoms with Gasteiger partial charge < -0.3 is 10.4 Å². The quantitative estimate of drug-likeness (QED) is 0.839. The first-order valence-corrected chi connectivity index (χ1v) is 6.78. The molecule has 0 bridgehead atoms. The Morgan fingerprint density at radius 3 is 2.83 bits per heavy atom. The zero-order valence-electron chi connectivity index (χ0n) is 9.83. The summed E-state index contributed by atoms with van der Waals surface area (Å²) in [7, 11) is 0. The zero-order chi connectivity index (χ0) is 13.1. The van der Waals surface area contributed by atoms with E-state index in [0.717, 1.165) is 19.3 Å². The van der Waals surface area contributed by atoms with Gasteiger partial charge in [-0.05, 0) is 43.4 Å². The fourth-order valence-electron chi connectivity index (χ4n) is 2.23. The SMILES string of the molecule is O=C(NCC1CCC(Cl)C1)c1ccc(Cl)cc1O. The van der Waals surface area contributed by atoms with Gasteiger partial charge in [-0.2, -0.15) is 0 Å². The van der Waals surface area contributed by atoms with Gasteiger partial charge in [0.25, 0.3) is 5.91 Å². The van der Waals surface area contributed by atoms with Crippen molar-refractivity contribution in [3.63, 3.8) is 0 Å². The van der Waals surface area contributed by atoms with E-state index in [1.54, 1.807) is 6.07 Å². The van der Waals surface area contributed by atoms with Crippen molar-refractivity contribution in [1.29, 1.82) is 0 Å². The van der Waals surface area contributed by atoms with Crippen molar-refractivity contribution in [3.8, 4) is 5.75 Å². The van der Waals surface area contributed by atoms with Gasteiger partial charge in [-0.25, -0.2) is 0 Å². The Labute approximate surface area is 116 Å². The number of carbonyl (C=O) groups is 1. The molecular formula is C13H15Cl2NO2. The molecule has 0 spiro atoms. The molecule has 1 aromatic rings. The largest absolute Gasteiger partial charge is 0.507 e. The number of carbonyl (C=O) groups excluding carboxylic acids is 1. The van der Waals surface area contributed by atoms with E-state index in [1.165, 1.54) is 12.1 Å². The summed E-state index contributed by atoms with van der Waals surface area (Å²) in [5, 5.41) is 13.1. The molecule has 2 N–H and O–H groups in total. The molecule has 1 aliphatic carbocycles. The number of nitrogens with one attached hydrogen (secondary N) is 1. The minimum absolute atomic E-state index is 0.0957. The normalized spacial score (nSPS) is 23.0. The van der Waals surface area contributed by atoms with E-state index in [0.29, 0.717) is 17.5 Å². The van der Waals surface area contributed by atoms with Crippen LogP contribution >= 0.6 is 23.2 Å². The van der Waals surface area contributed by atoms with Crippen LogP contribution in [0.5, 0.6) is 5.75 Å². The van der Waals surface area contributed by atoms with Gasteiger partial charge in [0.1, 0.15) is 5.75 Å². The summed E-state index contributed by atoms with van der Waals surface area (Å²) < 4.78 is 0. The van der Waals surface area contributed by atoms with E-state index in [9.17, 15) is 9.90 Å². The van der Waals surface area contributed by atoms with E-state index in [-0.39, 0.29) is 22.6 Å². The number of hydrogen-bond donors (Lipinski definition) is 2. The van der Waals surface area contributed by atoms with Crippen LogP contribution in [0.2, 0.25) is 5.02 Å². The smallest absolute Gasteiger partial charge is 0.255 e. The van der Waals surface area contributed by atoms with Crippen LogP contribution in [0.25, 0.3) is 0 Å². The Hall–Kier alpha value is -0.930. The van der Waals surface area contributed by atoms with Crippen LogP contribution in [0.1, 0.15) is 29.6 Å². The van der Waals surface area contributed by atoms with Gasteiger partial charge in [0.2, 0.25) is 0 Å². The van der Waals surface area contributed by atoms with Crippen LogP contribution < -0.4 is 5.32 Å². The molecule has 0 aromatic heterocycles. The van der Waals surface area contributed by atoms with Gasteiger partial charge in [0, 0.05) is 16.9 Å². The van der Waals surface area contributed by atoms with Crippen molar-refractivity contribution < 1.29 is 9.90 Å². The van der Waals surface area contributed by atoms with Crippen molar-refractivity contribution in [2.75, 3.05) is 6.54 Å². The van der Waals surface area contributed by atoms with Crippen molar-refractivity contribution >= 4 is 29.1 Å². The molecule has 0 heterocycles. The number of alkyl halides is 1. The summed E-state index contributed by atoms with van der Waals surface area (Å²) >= 11 is 11.7. The lowest BCUT2D eigenvalue weighted by molar-refractivity contribution is 0.0945. The maximum atomic E-state index is 11.9. The highest BCUT2D eigenvalue weighted by molar-refractivity contribution is 6.30. The third-order valence-electron chi connectivity index (χ3n) is 3.23. The number of phenolic OH excluding ortho intramolecular Hbond substituents is 1. The summed E-state index contributed by atoms with van der Waals surface area (Å²) in [6.45, 7) is 0.601. The van der Waals surface area contributed by atoms with Crippen molar-refractivity contribution in [1.82, 2.24) is 5.32 Å². The lowest BCUT2D eigenvalue weighted by Gasteiger charge is -2.11. The van der Waals surface area contributed by atoms with Crippen molar-refractivity contribution in [3.05, 3.63) is 28.8 Å². The van der Waals surface area contributed by atoms with E-state index in [4.69, 9.17) is 23.2 Å². The lowest BCUT2D eigenvalue weighted by Crippen LogP contribution is -2.28. The van der Waals surface area contributed by atoms with E-state index >= 15 is 0 Å². The molecule has 1 fully saturated rings. The van der Waals surface area contributed by atoms with Gasteiger partial charge >= 0.3 is 0 Å². The van der Waals surface area contributed by atoms with Crippen LogP contribution in [-0.4, -0.2) is 22.9 Å². The maximum absolute atomic E-state index is 11.9. The van der Waals surface area contributed by atoms with Crippen molar-refractivity contribution in [2.24, 2.45) is 5.92 Å². The molecular weight excluding hydrogens is 273 g/mol. The van der Waals surface area contributed by atoms with Gasteiger partial charge in [-0.1, -0.05) is 11.6 Å². The fraction of sp³-hybridized carbons (Fsp3) is 0.462. The predicted molar refractivity (Wildman–Crippen MR) is 72.4 cm³/mol. The number of halogens is 2. The predicted octanol–water partition coefficient (Wildman–Crippen LogP) is 3.18. The van der Waals surface area contributed by atoms with Crippen LogP contribution in [0.4, 0.5) is 0 Å². The van der Waals surface area contributed by atoms with Crippen LogP contribution in [0, 0.1) is 5.92 Å². The molecule has 98 valence electrons. The number of rotatable bonds is 3. The van der Waals surface area contributed by atoms with Crippen LogP contribution in [0.3, 0.4) is 0 Å². The molecule has 1 amide bonds. The second-order valence-electron chi connectivity index (χ2n) is 4.65. The first-order chi connectivity index (χ1) is 8.56. The zero-order valence-corrected chi connectivity index (χ0v) is 11.3. The molecule has 1 saturated carbocycles. The Kier molecular flexibility index (Phi) is 4.36. The highest BCUT2D eigenvalue weighted by Crippen LogP contribution is 2.29. The fourth-order valence-corrected chi connectivity index (χ4v) is 2.77. The number of phenols is 1.